The summed E-state index contributed by atoms with van der Waals surface area (Å²) in [5.41, 5.74) is 1.49. The zero-order valence-corrected chi connectivity index (χ0v) is 14.2. The Bertz CT molecular complexity index is 862. The van der Waals surface area contributed by atoms with E-state index in [4.69, 9.17) is 0 Å². The number of aromatic hydroxyl groups is 1. The SMILES string of the molecule is O=C(Cc1cnc(-c2ccccc2F)s1)NCCc1ccc(O)cc1. The highest BCUT2D eigenvalue weighted by Crippen LogP contribution is 2.27. The lowest BCUT2D eigenvalue weighted by Crippen LogP contribution is -2.26. The third-order valence-electron chi connectivity index (χ3n) is 3.66. The van der Waals surface area contributed by atoms with Crippen molar-refractivity contribution in [3.63, 3.8) is 0 Å². The minimum Gasteiger partial charge on any atom is -0.508 e. The van der Waals surface area contributed by atoms with E-state index in [1.807, 2.05) is 12.1 Å². The third-order valence-corrected chi connectivity index (χ3v) is 4.70. The first kappa shape index (κ1) is 17.1. The molecule has 0 saturated carbocycles. The maximum atomic E-state index is 13.8. The molecule has 2 aromatic carbocycles. The fourth-order valence-corrected chi connectivity index (χ4v) is 3.32. The van der Waals surface area contributed by atoms with E-state index in [1.54, 1.807) is 36.5 Å². The fraction of sp³-hybridized carbons (Fsp3) is 0.158. The second-order valence-electron chi connectivity index (χ2n) is 5.55. The van der Waals surface area contributed by atoms with Gasteiger partial charge in [0.1, 0.15) is 16.6 Å². The number of hydrogen-bond acceptors (Lipinski definition) is 4. The Kier molecular flexibility index (Phi) is 5.40. The number of thiazole rings is 1. The van der Waals surface area contributed by atoms with E-state index in [0.717, 1.165) is 10.4 Å². The molecule has 3 aromatic rings. The highest BCUT2D eigenvalue weighted by Gasteiger charge is 2.11. The molecule has 0 aliphatic carbocycles. The largest absolute Gasteiger partial charge is 0.508 e. The average Bonchev–Trinajstić information content (AvgIpc) is 3.05. The Labute approximate surface area is 149 Å². The third kappa shape index (κ3) is 4.64. The van der Waals surface area contributed by atoms with E-state index in [2.05, 4.69) is 10.3 Å². The summed E-state index contributed by atoms with van der Waals surface area (Å²) in [6.07, 6.45) is 2.53. The van der Waals surface area contributed by atoms with Crippen LogP contribution < -0.4 is 5.32 Å². The number of amides is 1. The van der Waals surface area contributed by atoms with Gasteiger partial charge in [-0.1, -0.05) is 24.3 Å². The summed E-state index contributed by atoms with van der Waals surface area (Å²) in [5.74, 6) is -0.187. The molecule has 25 heavy (non-hydrogen) atoms. The molecule has 2 N–H and O–H groups in total. The summed E-state index contributed by atoms with van der Waals surface area (Å²) in [6, 6.07) is 13.4. The van der Waals surface area contributed by atoms with Gasteiger partial charge in [-0.15, -0.1) is 11.3 Å². The molecular weight excluding hydrogens is 339 g/mol. The summed E-state index contributed by atoms with van der Waals surface area (Å²) >= 11 is 1.32. The zero-order valence-electron chi connectivity index (χ0n) is 13.4. The number of nitrogens with one attached hydrogen (secondary N) is 1. The van der Waals surface area contributed by atoms with Crippen molar-refractivity contribution in [1.82, 2.24) is 10.3 Å². The Balaban J connectivity index is 1.52. The molecule has 6 heteroatoms. The van der Waals surface area contributed by atoms with Crippen LogP contribution in [0.15, 0.2) is 54.7 Å². The lowest BCUT2D eigenvalue weighted by atomic mass is 10.1. The zero-order chi connectivity index (χ0) is 17.6. The molecule has 0 saturated heterocycles. The van der Waals surface area contributed by atoms with Gasteiger partial charge in [-0.25, -0.2) is 9.37 Å². The van der Waals surface area contributed by atoms with Crippen LogP contribution in [0, 0.1) is 5.82 Å². The van der Waals surface area contributed by atoms with Gasteiger partial charge in [0.15, 0.2) is 0 Å². The number of hydrogen-bond donors (Lipinski definition) is 2. The normalized spacial score (nSPS) is 10.6. The van der Waals surface area contributed by atoms with Gasteiger partial charge in [-0.05, 0) is 36.2 Å². The molecule has 1 heterocycles. The monoisotopic (exact) mass is 356 g/mol. The fourth-order valence-electron chi connectivity index (χ4n) is 2.38. The highest BCUT2D eigenvalue weighted by molar-refractivity contribution is 7.15. The van der Waals surface area contributed by atoms with Crippen LogP contribution in [0.4, 0.5) is 4.39 Å². The summed E-state index contributed by atoms with van der Waals surface area (Å²) in [4.78, 5) is 17.0. The maximum Gasteiger partial charge on any atom is 0.225 e. The van der Waals surface area contributed by atoms with E-state index >= 15 is 0 Å². The van der Waals surface area contributed by atoms with Crippen molar-refractivity contribution in [1.29, 1.82) is 0 Å². The van der Waals surface area contributed by atoms with E-state index in [-0.39, 0.29) is 23.9 Å². The number of benzene rings is 2. The number of phenols is 1. The molecule has 3 rings (SSSR count). The number of nitrogens with zero attached hydrogens (tertiary/aromatic N) is 1. The van der Waals surface area contributed by atoms with Crippen molar-refractivity contribution in [3.8, 4) is 16.3 Å². The van der Waals surface area contributed by atoms with Crippen molar-refractivity contribution in [2.45, 2.75) is 12.8 Å². The van der Waals surface area contributed by atoms with E-state index in [0.29, 0.717) is 23.5 Å². The average molecular weight is 356 g/mol. The summed E-state index contributed by atoms with van der Waals surface area (Å²) in [7, 11) is 0. The number of aromatic nitrogens is 1. The number of halogens is 1. The molecule has 0 bridgehead atoms. The van der Waals surface area contributed by atoms with E-state index in [9.17, 15) is 14.3 Å². The van der Waals surface area contributed by atoms with Crippen LogP contribution >= 0.6 is 11.3 Å². The molecule has 0 atom stereocenters. The Hall–Kier alpha value is -2.73. The van der Waals surface area contributed by atoms with Crippen LogP contribution in [-0.2, 0) is 17.6 Å². The first-order valence-electron chi connectivity index (χ1n) is 7.86. The van der Waals surface area contributed by atoms with Crippen molar-refractivity contribution in [2.75, 3.05) is 6.54 Å². The molecule has 128 valence electrons. The van der Waals surface area contributed by atoms with Crippen LogP contribution in [0.1, 0.15) is 10.4 Å². The van der Waals surface area contributed by atoms with Crippen LogP contribution in [0.2, 0.25) is 0 Å². The molecule has 1 aromatic heterocycles. The van der Waals surface area contributed by atoms with Crippen LogP contribution in [0.5, 0.6) is 5.75 Å². The molecule has 0 unspecified atom stereocenters. The highest BCUT2D eigenvalue weighted by atomic mass is 32.1. The Morgan fingerprint density at radius 3 is 2.68 bits per heavy atom. The van der Waals surface area contributed by atoms with Gasteiger partial charge in [0.2, 0.25) is 5.91 Å². The number of carbonyl (C=O) groups is 1. The standard InChI is InChI=1S/C19H17FN2O2S/c20-17-4-2-1-3-16(17)19-22-12-15(25-19)11-18(24)21-10-9-13-5-7-14(23)8-6-13/h1-8,12,23H,9-11H2,(H,21,24). The minimum atomic E-state index is -0.318. The van der Waals surface area contributed by atoms with Crippen molar-refractivity contribution < 1.29 is 14.3 Å². The number of rotatable bonds is 6. The van der Waals surface area contributed by atoms with Gasteiger partial charge in [0, 0.05) is 23.2 Å². The Morgan fingerprint density at radius 1 is 1.16 bits per heavy atom. The molecular formula is C19H17FN2O2S. The number of carbonyl (C=O) groups excluding carboxylic acids is 1. The first-order chi connectivity index (χ1) is 12.1. The van der Waals surface area contributed by atoms with E-state index in [1.165, 1.54) is 17.4 Å². The van der Waals surface area contributed by atoms with Crippen molar-refractivity contribution >= 4 is 17.2 Å². The predicted molar refractivity (Wildman–Crippen MR) is 96.0 cm³/mol. The summed E-state index contributed by atoms with van der Waals surface area (Å²) < 4.78 is 13.8. The molecule has 0 aliphatic heterocycles. The molecule has 0 spiro atoms. The molecule has 0 radical (unpaired) electrons. The van der Waals surface area contributed by atoms with E-state index < -0.39 is 0 Å². The van der Waals surface area contributed by atoms with Crippen LogP contribution in [0.3, 0.4) is 0 Å². The molecule has 4 nitrogen and oxygen atoms in total. The van der Waals surface area contributed by atoms with Gasteiger partial charge in [0.25, 0.3) is 0 Å². The Morgan fingerprint density at radius 2 is 1.92 bits per heavy atom. The first-order valence-corrected chi connectivity index (χ1v) is 8.67. The second kappa shape index (κ2) is 7.90. The van der Waals surface area contributed by atoms with Crippen molar-refractivity contribution in [2.24, 2.45) is 0 Å². The predicted octanol–water partition coefficient (Wildman–Crippen LogP) is 3.56. The van der Waals surface area contributed by atoms with Crippen molar-refractivity contribution in [3.05, 3.63) is 71.0 Å². The molecule has 0 fully saturated rings. The number of phenolic OH excluding ortho intramolecular Hbond substituents is 1. The molecule has 1 amide bonds. The maximum absolute atomic E-state index is 13.8. The summed E-state index contributed by atoms with van der Waals surface area (Å²) in [6.45, 7) is 0.516. The van der Waals surface area contributed by atoms with Gasteiger partial charge in [0.05, 0.1) is 6.42 Å². The van der Waals surface area contributed by atoms with Gasteiger partial charge in [-0.3, -0.25) is 4.79 Å². The lowest BCUT2D eigenvalue weighted by molar-refractivity contribution is -0.120. The minimum absolute atomic E-state index is 0.0949. The quantitative estimate of drug-likeness (QED) is 0.710. The lowest BCUT2D eigenvalue weighted by Gasteiger charge is -2.04. The topological polar surface area (TPSA) is 62.2 Å². The second-order valence-corrected chi connectivity index (χ2v) is 6.67. The van der Waals surface area contributed by atoms with Crippen LogP contribution in [-0.4, -0.2) is 22.5 Å². The van der Waals surface area contributed by atoms with Crippen LogP contribution in [0.25, 0.3) is 10.6 Å². The van der Waals surface area contributed by atoms with Gasteiger partial charge < -0.3 is 10.4 Å². The smallest absolute Gasteiger partial charge is 0.225 e. The molecule has 0 aliphatic rings. The van der Waals surface area contributed by atoms with Gasteiger partial charge >= 0.3 is 0 Å². The summed E-state index contributed by atoms with van der Waals surface area (Å²) in [5, 5.41) is 12.7. The van der Waals surface area contributed by atoms with Gasteiger partial charge in [-0.2, -0.15) is 0 Å².